The Kier molecular flexibility index (Phi) is 9.46. The highest BCUT2D eigenvalue weighted by Gasteiger charge is 2.34. The second kappa shape index (κ2) is 12.9. The van der Waals surface area contributed by atoms with E-state index in [0.717, 1.165) is 0 Å². The Labute approximate surface area is 221 Å². The van der Waals surface area contributed by atoms with Crippen LogP contribution >= 0.6 is 0 Å². The number of nitriles is 1. The van der Waals surface area contributed by atoms with Gasteiger partial charge in [-0.1, -0.05) is 50.3 Å². The van der Waals surface area contributed by atoms with Crippen molar-refractivity contribution in [3.63, 3.8) is 0 Å². The van der Waals surface area contributed by atoms with Gasteiger partial charge in [0.15, 0.2) is 0 Å². The second-order valence-electron chi connectivity index (χ2n) is 8.94. The lowest BCUT2D eigenvalue weighted by atomic mass is 9.81. The van der Waals surface area contributed by atoms with Crippen LogP contribution in [0.5, 0.6) is 5.75 Å². The van der Waals surface area contributed by atoms with E-state index in [9.17, 15) is 14.7 Å². The predicted octanol–water partition coefficient (Wildman–Crippen LogP) is 5.02. The van der Waals surface area contributed by atoms with Crippen LogP contribution in [0, 0.1) is 16.7 Å². The lowest BCUT2D eigenvalue weighted by molar-refractivity contribution is -0.112. The molecule has 3 aromatic rings. The first kappa shape index (κ1) is 27.8. The maximum Gasteiger partial charge on any atom is 0.412 e. The number of benzene rings is 3. The number of carbonyl (C=O) groups is 2. The van der Waals surface area contributed by atoms with Crippen LogP contribution in [0.15, 0.2) is 84.9 Å². The van der Waals surface area contributed by atoms with Crippen molar-refractivity contribution >= 4 is 29.1 Å². The molecule has 2 amide bonds. The van der Waals surface area contributed by atoms with Crippen LogP contribution in [0.1, 0.15) is 31.1 Å². The van der Waals surface area contributed by atoms with Crippen LogP contribution in [0.25, 0.3) is 0 Å². The summed E-state index contributed by atoms with van der Waals surface area (Å²) in [4.78, 5) is 25.6. The van der Waals surface area contributed by atoms with E-state index in [0.29, 0.717) is 33.9 Å². The number of aliphatic hydroxyl groups is 1. The molecule has 3 rings (SSSR count). The van der Waals surface area contributed by atoms with Crippen LogP contribution in [0.4, 0.5) is 21.9 Å². The molecule has 5 N–H and O–H groups in total. The molecule has 196 valence electrons. The fourth-order valence-corrected chi connectivity index (χ4v) is 3.65. The third kappa shape index (κ3) is 7.59. The zero-order valence-corrected chi connectivity index (χ0v) is 21.2. The molecule has 3 aromatic carbocycles. The van der Waals surface area contributed by atoms with Crippen molar-refractivity contribution in [3.05, 3.63) is 96.1 Å². The molecule has 1 atom stereocenters. The predicted molar refractivity (Wildman–Crippen MR) is 145 cm³/mol. The molecule has 9 heteroatoms. The highest BCUT2D eigenvalue weighted by atomic mass is 16.6. The van der Waals surface area contributed by atoms with Crippen LogP contribution in [0.2, 0.25) is 0 Å². The summed E-state index contributed by atoms with van der Waals surface area (Å²) in [5.41, 5.74) is 7.41. The van der Waals surface area contributed by atoms with E-state index in [-0.39, 0.29) is 13.2 Å². The van der Waals surface area contributed by atoms with Gasteiger partial charge in [0, 0.05) is 16.7 Å². The summed E-state index contributed by atoms with van der Waals surface area (Å²) in [6.45, 7) is 3.50. The number of nitrogens with two attached hydrogens (primary N) is 1. The van der Waals surface area contributed by atoms with Gasteiger partial charge in [-0.25, -0.2) is 4.79 Å². The largest absolute Gasteiger partial charge is 0.491 e. The maximum absolute atomic E-state index is 12.9. The molecule has 0 fully saturated rings. The molecule has 9 nitrogen and oxygen atoms in total. The highest BCUT2D eigenvalue weighted by Crippen LogP contribution is 2.42. The summed E-state index contributed by atoms with van der Waals surface area (Å²) in [6, 6.07) is 22.3. The van der Waals surface area contributed by atoms with E-state index in [2.05, 4.69) is 10.6 Å². The molecule has 0 saturated carbocycles. The van der Waals surface area contributed by atoms with E-state index in [1.165, 1.54) is 6.08 Å². The number of para-hydroxylation sites is 3. The number of ether oxygens (including phenoxy) is 2. The van der Waals surface area contributed by atoms with Crippen molar-refractivity contribution in [2.24, 2.45) is 5.41 Å². The average Bonchev–Trinajstić information content (AvgIpc) is 2.91. The molecule has 0 aliphatic heterocycles. The number of hydrogen-bond acceptors (Lipinski definition) is 7. The number of nitrogens with zero attached hydrogens (tertiary/aromatic N) is 1. The fourth-order valence-electron chi connectivity index (χ4n) is 3.65. The molecule has 0 aliphatic rings. The van der Waals surface area contributed by atoms with Gasteiger partial charge in [0.1, 0.15) is 18.5 Å². The average molecular weight is 515 g/mol. The summed E-state index contributed by atoms with van der Waals surface area (Å²) >= 11 is 0. The van der Waals surface area contributed by atoms with E-state index < -0.39 is 23.5 Å². The number of hydrogen-bond donors (Lipinski definition) is 4. The van der Waals surface area contributed by atoms with Gasteiger partial charge >= 0.3 is 6.09 Å². The summed E-state index contributed by atoms with van der Waals surface area (Å²) in [7, 11) is 0. The minimum absolute atomic E-state index is 0.0539. The Balaban J connectivity index is 1.87. The lowest BCUT2D eigenvalue weighted by Crippen LogP contribution is -2.28. The van der Waals surface area contributed by atoms with Gasteiger partial charge in [-0.2, -0.15) is 5.26 Å². The Morgan fingerprint density at radius 2 is 1.74 bits per heavy atom. The zero-order valence-electron chi connectivity index (χ0n) is 21.2. The van der Waals surface area contributed by atoms with Crippen molar-refractivity contribution in [3.8, 4) is 11.8 Å². The quantitative estimate of drug-likeness (QED) is 0.219. The Bertz CT molecular complexity index is 1330. The number of aliphatic hydroxyl groups excluding tert-OH is 1. The molecule has 0 spiro atoms. The number of amides is 2. The number of nitrogen functional groups attached to an aromatic ring is 1. The fraction of sp³-hybridized carbons (Fsp3) is 0.207. The minimum atomic E-state index is -0.889. The molecular weight excluding hydrogens is 484 g/mol. The molecule has 0 radical (unpaired) electrons. The molecule has 0 bridgehead atoms. The van der Waals surface area contributed by atoms with E-state index >= 15 is 0 Å². The Morgan fingerprint density at radius 3 is 2.42 bits per heavy atom. The number of anilines is 3. The van der Waals surface area contributed by atoms with Gasteiger partial charge in [0.25, 0.3) is 0 Å². The summed E-state index contributed by atoms with van der Waals surface area (Å²) in [6.07, 6.45) is 1.38. The van der Waals surface area contributed by atoms with Crippen molar-refractivity contribution < 1.29 is 24.2 Å². The minimum Gasteiger partial charge on any atom is -0.491 e. The third-order valence-corrected chi connectivity index (χ3v) is 5.59. The third-order valence-electron chi connectivity index (χ3n) is 5.59. The molecular formula is C29H30N4O5. The first-order chi connectivity index (χ1) is 18.2. The second-order valence-corrected chi connectivity index (χ2v) is 8.94. The van der Waals surface area contributed by atoms with E-state index in [1.54, 1.807) is 78.9 Å². The van der Waals surface area contributed by atoms with Crippen molar-refractivity contribution in [2.45, 2.75) is 20.0 Å². The monoisotopic (exact) mass is 514 g/mol. The summed E-state index contributed by atoms with van der Waals surface area (Å²) < 4.78 is 11.6. The van der Waals surface area contributed by atoms with Gasteiger partial charge in [-0.05, 0) is 48.5 Å². The summed E-state index contributed by atoms with van der Waals surface area (Å²) in [5, 5.41) is 23.6. The van der Waals surface area contributed by atoms with Gasteiger partial charge in [0.2, 0.25) is 5.91 Å². The van der Waals surface area contributed by atoms with Crippen LogP contribution < -0.4 is 21.1 Å². The first-order valence-electron chi connectivity index (χ1n) is 11.9. The lowest BCUT2D eigenvalue weighted by Gasteiger charge is -2.32. The van der Waals surface area contributed by atoms with Crippen molar-refractivity contribution in [1.29, 1.82) is 5.26 Å². The van der Waals surface area contributed by atoms with Crippen LogP contribution in [0.3, 0.4) is 0 Å². The van der Waals surface area contributed by atoms with Gasteiger partial charge in [-0.3, -0.25) is 10.1 Å². The van der Waals surface area contributed by atoms with Crippen molar-refractivity contribution in [2.75, 3.05) is 29.6 Å². The zero-order chi connectivity index (χ0) is 27.5. The number of nitrogens with one attached hydrogen (secondary N) is 2. The standard InChI is InChI=1S/C29H30N4O5/c1-29(2,16-15-26(35)33-24-9-5-4-8-23(24)31)27(22-7-3-6-10-25(22)37-18-17-34)38-28(36)32-21-13-11-20(19-30)12-14-21/h3-16,27,34H,17-18,31H2,1-2H3,(H,32,36)(H,33,35)/b16-15+/t27-/m1/s1. The Morgan fingerprint density at radius 1 is 1.05 bits per heavy atom. The molecule has 38 heavy (non-hydrogen) atoms. The van der Waals surface area contributed by atoms with Gasteiger partial charge in [-0.15, -0.1) is 0 Å². The van der Waals surface area contributed by atoms with E-state index in [1.807, 2.05) is 19.9 Å². The molecule has 0 aromatic heterocycles. The normalized spacial score (nSPS) is 11.8. The molecule has 0 saturated heterocycles. The van der Waals surface area contributed by atoms with Gasteiger partial charge < -0.3 is 25.6 Å². The SMILES string of the molecule is CC(C)(/C=C/C(=O)Nc1ccccc1N)[C@H](OC(=O)Nc1ccc(C#N)cc1)c1ccccc1OCCO. The van der Waals surface area contributed by atoms with E-state index in [4.69, 9.17) is 20.5 Å². The van der Waals surface area contributed by atoms with Gasteiger partial charge in [0.05, 0.1) is 29.6 Å². The maximum atomic E-state index is 12.9. The molecule has 0 aliphatic carbocycles. The van der Waals surface area contributed by atoms with Crippen LogP contribution in [-0.4, -0.2) is 30.3 Å². The highest BCUT2D eigenvalue weighted by molar-refractivity contribution is 6.01. The topological polar surface area (TPSA) is 147 Å². The first-order valence-corrected chi connectivity index (χ1v) is 11.9. The van der Waals surface area contributed by atoms with Crippen molar-refractivity contribution in [1.82, 2.24) is 0 Å². The number of carbonyl (C=O) groups excluding carboxylic acids is 2. The van der Waals surface area contributed by atoms with Crippen LogP contribution in [-0.2, 0) is 9.53 Å². The summed E-state index contributed by atoms with van der Waals surface area (Å²) in [5.74, 6) is 0.0299. The smallest absolute Gasteiger partial charge is 0.412 e. The number of rotatable bonds is 10. The Hall–Kier alpha value is -4.81. The molecule has 0 unspecified atom stereocenters. The molecule has 0 heterocycles.